The van der Waals surface area contributed by atoms with E-state index in [-0.39, 0.29) is 5.91 Å². The van der Waals surface area contributed by atoms with E-state index in [4.69, 9.17) is 0 Å². The average molecular weight is 355 g/mol. The van der Waals surface area contributed by atoms with Gasteiger partial charge in [-0.05, 0) is 56.4 Å². The molecule has 132 valence electrons. The predicted octanol–water partition coefficient (Wildman–Crippen LogP) is 3.18. The number of likely N-dealkylation sites (tertiary alicyclic amines) is 1. The second-order valence-corrected chi connectivity index (χ2v) is 7.89. The smallest absolute Gasteiger partial charge is 0.288 e. The molecule has 2 N–H and O–H groups in total. The van der Waals surface area contributed by atoms with Crippen LogP contribution < -0.4 is 10.2 Å². The molecule has 1 heterocycles. The SMILES string of the molecule is O=C(C[NH+]1CCC[C@H]2CCCC[C@@H]21)Nc1ccc(SC(F)F)cc1. The zero-order chi connectivity index (χ0) is 16.9. The van der Waals surface area contributed by atoms with Crippen molar-refractivity contribution in [2.75, 3.05) is 18.4 Å². The van der Waals surface area contributed by atoms with Crippen molar-refractivity contribution in [1.29, 1.82) is 0 Å². The maximum Gasteiger partial charge on any atom is 0.288 e. The number of benzene rings is 1. The van der Waals surface area contributed by atoms with E-state index in [1.165, 1.54) is 43.4 Å². The fourth-order valence-electron chi connectivity index (χ4n) is 4.22. The van der Waals surface area contributed by atoms with Gasteiger partial charge in [0.05, 0.1) is 12.6 Å². The summed E-state index contributed by atoms with van der Waals surface area (Å²) in [6.45, 7) is 1.59. The molecule has 1 aliphatic heterocycles. The molecule has 1 saturated heterocycles. The average Bonchev–Trinajstić information content (AvgIpc) is 2.56. The summed E-state index contributed by atoms with van der Waals surface area (Å²) in [7, 11) is 0. The van der Waals surface area contributed by atoms with Gasteiger partial charge < -0.3 is 10.2 Å². The Labute approximate surface area is 146 Å². The Balaban J connectivity index is 1.53. The molecule has 2 fully saturated rings. The van der Waals surface area contributed by atoms with Crippen LogP contribution in [0.2, 0.25) is 0 Å². The van der Waals surface area contributed by atoms with Gasteiger partial charge in [0.25, 0.3) is 11.7 Å². The van der Waals surface area contributed by atoms with Gasteiger partial charge in [-0.25, -0.2) is 0 Å². The normalized spacial score (nSPS) is 26.9. The largest absolute Gasteiger partial charge is 0.324 e. The lowest BCUT2D eigenvalue weighted by molar-refractivity contribution is -0.928. The van der Waals surface area contributed by atoms with Crippen molar-refractivity contribution < 1.29 is 18.5 Å². The first-order valence-electron chi connectivity index (χ1n) is 8.81. The molecular formula is C18H25F2N2OS+. The molecule has 0 bridgehead atoms. The molecule has 1 saturated carbocycles. The van der Waals surface area contributed by atoms with E-state index in [1.54, 1.807) is 24.3 Å². The molecule has 0 aromatic heterocycles. The second-order valence-electron chi connectivity index (χ2n) is 6.83. The van der Waals surface area contributed by atoms with Crippen LogP contribution in [-0.4, -0.2) is 30.8 Å². The summed E-state index contributed by atoms with van der Waals surface area (Å²) in [6.07, 6.45) is 7.72. The Kier molecular flexibility index (Phi) is 6.11. The summed E-state index contributed by atoms with van der Waals surface area (Å²) in [5.41, 5.74) is 0.676. The molecule has 0 radical (unpaired) electrons. The van der Waals surface area contributed by atoms with Crippen molar-refractivity contribution in [3.63, 3.8) is 0 Å². The van der Waals surface area contributed by atoms with Gasteiger partial charge >= 0.3 is 0 Å². The fraction of sp³-hybridized carbons (Fsp3) is 0.611. The molecule has 1 aromatic carbocycles. The standard InChI is InChI=1S/C18H24F2N2OS/c19-18(20)24-15-9-7-14(8-10-15)21-17(23)12-22-11-3-5-13-4-1-2-6-16(13)22/h7-10,13,16,18H,1-6,11-12H2,(H,21,23)/p+1/t13-,16+/m1/s1. The Hall–Kier alpha value is -1.14. The van der Waals surface area contributed by atoms with Crippen LogP contribution in [0.3, 0.4) is 0 Å². The number of carbonyl (C=O) groups is 1. The van der Waals surface area contributed by atoms with Crippen LogP contribution in [0.1, 0.15) is 38.5 Å². The maximum absolute atomic E-state index is 12.4. The van der Waals surface area contributed by atoms with E-state index in [1.807, 2.05) is 0 Å². The molecule has 1 unspecified atom stereocenters. The van der Waals surface area contributed by atoms with Crippen molar-refractivity contribution in [2.24, 2.45) is 5.92 Å². The van der Waals surface area contributed by atoms with Crippen molar-refractivity contribution >= 4 is 23.4 Å². The first-order chi connectivity index (χ1) is 11.6. The minimum absolute atomic E-state index is 0.0190. The quantitative estimate of drug-likeness (QED) is 0.796. The minimum atomic E-state index is -2.42. The number of fused-ring (bicyclic) bond motifs is 1. The number of amides is 1. The molecule has 3 nitrogen and oxygen atoms in total. The number of rotatable bonds is 5. The van der Waals surface area contributed by atoms with Crippen LogP contribution in [0.4, 0.5) is 14.5 Å². The zero-order valence-electron chi connectivity index (χ0n) is 13.8. The number of piperidine rings is 1. The summed E-state index contributed by atoms with van der Waals surface area (Å²) >= 11 is 0.517. The number of hydrogen-bond donors (Lipinski definition) is 2. The summed E-state index contributed by atoms with van der Waals surface area (Å²) in [5.74, 6) is -1.61. The van der Waals surface area contributed by atoms with Crippen molar-refractivity contribution in [3.8, 4) is 0 Å². The van der Waals surface area contributed by atoms with Gasteiger partial charge in [0.1, 0.15) is 0 Å². The van der Waals surface area contributed by atoms with Crippen LogP contribution in [0.15, 0.2) is 29.2 Å². The van der Waals surface area contributed by atoms with Gasteiger partial charge in [0.15, 0.2) is 6.54 Å². The summed E-state index contributed by atoms with van der Waals surface area (Å²) in [6, 6.07) is 7.27. The monoisotopic (exact) mass is 355 g/mol. The number of alkyl halides is 2. The van der Waals surface area contributed by atoms with E-state index in [9.17, 15) is 13.6 Å². The minimum Gasteiger partial charge on any atom is -0.324 e. The molecule has 1 aliphatic carbocycles. The number of anilines is 1. The summed E-state index contributed by atoms with van der Waals surface area (Å²) < 4.78 is 24.6. The molecular weight excluding hydrogens is 330 g/mol. The predicted molar refractivity (Wildman–Crippen MR) is 92.6 cm³/mol. The van der Waals surface area contributed by atoms with Crippen LogP contribution in [0.25, 0.3) is 0 Å². The van der Waals surface area contributed by atoms with E-state index < -0.39 is 5.76 Å². The second kappa shape index (κ2) is 8.30. The first kappa shape index (κ1) is 17.7. The third-order valence-electron chi connectivity index (χ3n) is 5.26. The lowest BCUT2D eigenvalue weighted by Crippen LogP contribution is -3.18. The highest BCUT2D eigenvalue weighted by molar-refractivity contribution is 7.99. The topological polar surface area (TPSA) is 33.5 Å². The fourth-order valence-corrected chi connectivity index (χ4v) is 4.72. The van der Waals surface area contributed by atoms with E-state index in [0.717, 1.165) is 12.5 Å². The Morgan fingerprint density at radius 3 is 2.62 bits per heavy atom. The third kappa shape index (κ3) is 4.70. The molecule has 3 atom stereocenters. The molecule has 6 heteroatoms. The van der Waals surface area contributed by atoms with Gasteiger partial charge in [-0.1, -0.05) is 18.2 Å². The van der Waals surface area contributed by atoms with Gasteiger partial charge in [0, 0.05) is 16.5 Å². The molecule has 3 rings (SSSR count). The molecule has 2 aliphatic rings. The van der Waals surface area contributed by atoms with E-state index >= 15 is 0 Å². The highest BCUT2D eigenvalue weighted by atomic mass is 32.2. The lowest BCUT2D eigenvalue weighted by Gasteiger charge is -2.40. The molecule has 1 aromatic rings. The van der Waals surface area contributed by atoms with Gasteiger partial charge in [-0.15, -0.1) is 0 Å². The number of nitrogens with one attached hydrogen (secondary N) is 2. The van der Waals surface area contributed by atoms with Gasteiger partial charge in [-0.3, -0.25) is 4.79 Å². The van der Waals surface area contributed by atoms with Gasteiger partial charge in [-0.2, -0.15) is 8.78 Å². The van der Waals surface area contributed by atoms with E-state index in [2.05, 4.69) is 5.32 Å². The van der Waals surface area contributed by atoms with Crippen molar-refractivity contribution in [2.45, 2.75) is 55.2 Å². The van der Waals surface area contributed by atoms with E-state index in [0.29, 0.717) is 34.9 Å². The number of quaternary nitrogens is 1. The maximum atomic E-state index is 12.4. The van der Waals surface area contributed by atoms with Crippen LogP contribution in [0.5, 0.6) is 0 Å². The third-order valence-corrected chi connectivity index (χ3v) is 5.98. The van der Waals surface area contributed by atoms with Crippen LogP contribution in [-0.2, 0) is 4.79 Å². The highest BCUT2D eigenvalue weighted by Gasteiger charge is 2.37. The summed E-state index contributed by atoms with van der Waals surface area (Å²) in [4.78, 5) is 14.3. The number of halogens is 2. The Bertz CT molecular complexity index is 550. The van der Waals surface area contributed by atoms with Crippen molar-refractivity contribution in [3.05, 3.63) is 24.3 Å². The zero-order valence-corrected chi connectivity index (χ0v) is 14.6. The highest BCUT2D eigenvalue weighted by Crippen LogP contribution is 2.28. The Morgan fingerprint density at radius 1 is 1.17 bits per heavy atom. The summed E-state index contributed by atoms with van der Waals surface area (Å²) in [5, 5.41) is 2.91. The van der Waals surface area contributed by atoms with Crippen molar-refractivity contribution in [1.82, 2.24) is 0 Å². The van der Waals surface area contributed by atoms with Gasteiger partial charge in [0.2, 0.25) is 0 Å². The number of carbonyl (C=O) groups excluding carboxylic acids is 1. The van der Waals surface area contributed by atoms with Crippen LogP contribution in [0, 0.1) is 5.92 Å². The molecule has 24 heavy (non-hydrogen) atoms. The Morgan fingerprint density at radius 2 is 1.88 bits per heavy atom. The number of thioether (sulfide) groups is 1. The first-order valence-corrected chi connectivity index (χ1v) is 9.69. The van der Waals surface area contributed by atoms with Crippen LogP contribution >= 0.6 is 11.8 Å². The number of hydrogen-bond acceptors (Lipinski definition) is 2. The lowest BCUT2D eigenvalue weighted by atomic mass is 9.78. The molecule has 1 amide bonds. The molecule has 0 spiro atoms.